The Hall–Kier alpha value is -4.07. The van der Waals surface area contributed by atoms with Crippen LogP contribution in [0.15, 0.2) is 90.1 Å². The number of carbonyl (C=O) groups is 1. The Kier molecular flexibility index (Phi) is 7.27. The molecule has 0 radical (unpaired) electrons. The Labute approximate surface area is 239 Å². The summed E-state index contributed by atoms with van der Waals surface area (Å²) >= 11 is 0. The fraction of sp³-hybridized carbons (Fsp3) is 0.241. The van der Waals surface area contributed by atoms with E-state index in [9.17, 15) is 48.3 Å². The zero-order valence-corrected chi connectivity index (χ0v) is 22.6. The molecule has 1 saturated heterocycles. The van der Waals surface area contributed by atoms with Gasteiger partial charge in [-0.1, -0.05) is 36.4 Å². The Bertz CT molecular complexity index is 1770. The summed E-state index contributed by atoms with van der Waals surface area (Å²) < 4.78 is 135. The molecule has 2 heterocycles. The molecular formula is C29H20F8N2O3S. The van der Waals surface area contributed by atoms with E-state index in [1.807, 2.05) is 0 Å². The van der Waals surface area contributed by atoms with Crippen LogP contribution in [0.25, 0.3) is 10.8 Å². The molecule has 0 spiro atoms. The van der Waals surface area contributed by atoms with Crippen LogP contribution in [0.5, 0.6) is 0 Å². The first kappa shape index (κ1) is 30.4. The van der Waals surface area contributed by atoms with Crippen LogP contribution < -0.4 is 0 Å². The van der Waals surface area contributed by atoms with Crippen molar-refractivity contribution in [3.05, 3.63) is 108 Å². The third-order valence-corrected chi connectivity index (χ3v) is 10.1. The van der Waals surface area contributed by atoms with E-state index in [4.69, 9.17) is 0 Å². The van der Waals surface area contributed by atoms with Gasteiger partial charge in [-0.25, -0.2) is 17.2 Å². The molecule has 1 aliphatic rings. The highest BCUT2D eigenvalue weighted by Crippen LogP contribution is 2.54. The van der Waals surface area contributed by atoms with Gasteiger partial charge in [0.1, 0.15) is 10.6 Å². The van der Waals surface area contributed by atoms with E-state index in [1.54, 1.807) is 18.2 Å². The summed E-state index contributed by atoms with van der Waals surface area (Å²) in [6.07, 6.45) is -10.1. The third-order valence-electron chi connectivity index (χ3n) is 7.66. The lowest BCUT2D eigenvalue weighted by Gasteiger charge is -2.32. The molecule has 0 saturated carbocycles. The first-order valence-corrected chi connectivity index (χ1v) is 14.1. The van der Waals surface area contributed by atoms with Crippen LogP contribution in [-0.4, -0.2) is 49.7 Å². The first-order valence-electron chi connectivity index (χ1n) is 12.6. The van der Waals surface area contributed by atoms with E-state index >= 15 is 0 Å². The van der Waals surface area contributed by atoms with Crippen LogP contribution in [0.1, 0.15) is 27.9 Å². The largest absolute Gasteiger partial charge is 0.435 e. The van der Waals surface area contributed by atoms with E-state index in [0.717, 1.165) is 24.3 Å². The number of fused-ring (bicyclic) bond motifs is 1. The summed E-state index contributed by atoms with van der Waals surface area (Å²) in [6.45, 7) is -0.716. The maximum absolute atomic E-state index is 14.7. The van der Waals surface area contributed by atoms with Crippen molar-refractivity contribution in [3.8, 4) is 0 Å². The van der Waals surface area contributed by atoms with E-state index in [1.165, 1.54) is 23.4 Å². The zero-order chi connectivity index (χ0) is 31.4. The van der Waals surface area contributed by atoms with Gasteiger partial charge >= 0.3 is 18.0 Å². The van der Waals surface area contributed by atoms with E-state index in [0.29, 0.717) is 22.9 Å². The Morgan fingerprint density at radius 2 is 1.47 bits per heavy atom. The number of sulfone groups is 1. The van der Waals surface area contributed by atoms with Crippen molar-refractivity contribution < 1.29 is 48.3 Å². The molecule has 0 unspecified atom stereocenters. The molecule has 0 bridgehead atoms. The van der Waals surface area contributed by atoms with Crippen LogP contribution in [0.4, 0.5) is 35.1 Å². The van der Waals surface area contributed by atoms with Gasteiger partial charge in [0.25, 0.3) is 5.91 Å². The van der Waals surface area contributed by atoms with Gasteiger partial charge in [-0.15, -0.1) is 0 Å². The summed E-state index contributed by atoms with van der Waals surface area (Å²) in [5, 5.41) is 1.14. The molecule has 1 aliphatic heterocycles. The lowest BCUT2D eigenvalue weighted by atomic mass is 9.90. The minimum absolute atomic E-state index is 0.166. The van der Waals surface area contributed by atoms with Crippen LogP contribution in [0.2, 0.25) is 0 Å². The number of amides is 1. The Morgan fingerprint density at radius 1 is 0.837 bits per heavy atom. The smallest absolute Gasteiger partial charge is 0.337 e. The third kappa shape index (κ3) is 4.81. The number of pyridine rings is 1. The minimum Gasteiger partial charge on any atom is -0.337 e. The second-order valence-electron chi connectivity index (χ2n) is 10.1. The fourth-order valence-electron chi connectivity index (χ4n) is 5.38. The molecule has 1 amide bonds. The van der Waals surface area contributed by atoms with Crippen LogP contribution in [0, 0.1) is 5.82 Å². The van der Waals surface area contributed by atoms with Crippen molar-refractivity contribution in [1.29, 1.82) is 0 Å². The monoisotopic (exact) mass is 628 g/mol. The standard InChI is InChI=1S/C29H20F8N2O3S/c30-21-8-10-22(11-9-21)43(41,42)26(19-4-6-20(7-5-19)27(31,28(32,33)34)29(35,36)37)13-15-39(17-26)25(40)24-3-1-2-18-16-38-14-12-23(18)24/h1-12,14,16H,13,15,17H2/t26-/m0/s1. The number of benzene rings is 3. The SMILES string of the molecule is O=C(c1cccc2cnccc12)N1CC[C@](c2ccc(C(F)(C(F)(F)F)C(F)(F)F)cc2)(S(=O)(=O)c2ccc(F)cc2)C1. The molecule has 4 aromatic rings. The maximum Gasteiger partial charge on any atom is 0.435 e. The highest BCUT2D eigenvalue weighted by molar-refractivity contribution is 7.92. The van der Waals surface area contributed by atoms with Gasteiger partial charge in [-0.05, 0) is 53.8 Å². The quantitative estimate of drug-likeness (QED) is 0.179. The van der Waals surface area contributed by atoms with Gasteiger partial charge in [0.2, 0.25) is 0 Å². The normalized spacial score (nSPS) is 18.3. The van der Waals surface area contributed by atoms with E-state index < -0.39 is 61.3 Å². The van der Waals surface area contributed by atoms with Crippen molar-refractivity contribution in [1.82, 2.24) is 9.88 Å². The number of nitrogens with zero attached hydrogens (tertiary/aromatic N) is 2. The minimum atomic E-state index is -6.37. The first-order chi connectivity index (χ1) is 20.0. The second-order valence-corrected chi connectivity index (χ2v) is 12.3. The summed E-state index contributed by atoms with van der Waals surface area (Å²) in [5.74, 6) is -1.34. The number of carbonyl (C=O) groups excluding carboxylic acids is 1. The molecule has 1 aromatic heterocycles. The molecule has 43 heavy (non-hydrogen) atoms. The number of aromatic nitrogens is 1. The van der Waals surface area contributed by atoms with Crippen molar-refractivity contribution in [2.75, 3.05) is 13.1 Å². The van der Waals surface area contributed by atoms with Crippen molar-refractivity contribution in [2.24, 2.45) is 0 Å². The van der Waals surface area contributed by atoms with E-state index in [-0.39, 0.29) is 36.2 Å². The van der Waals surface area contributed by atoms with Crippen molar-refractivity contribution in [3.63, 3.8) is 0 Å². The second kappa shape index (κ2) is 10.3. The fourth-order valence-corrected chi connectivity index (χ4v) is 7.45. The Balaban J connectivity index is 1.62. The topological polar surface area (TPSA) is 67.3 Å². The van der Waals surface area contributed by atoms with Crippen LogP contribution in [0.3, 0.4) is 0 Å². The highest BCUT2D eigenvalue weighted by atomic mass is 32.2. The number of alkyl halides is 7. The van der Waals surface area contributed by atoms with E-state index in [2.05, 4.69) is 4.98 Å². The Morgan fingerprint density at radius 3 is 2.07 bits per heavy atom. The molecule has 14 heteroatoms. The molecule has 1 fully saturated rings. The summed E-state index contributed by atoms with van der Waals surface area (Å²) in [4.78, 5) is 18.5. The number of hydrogen-bond acceptors (Lipinski definition) is 4. The number of halogens is 8. The molecule has 226 valence electrons. The zero-order valence-electron chi connectivity index (χ0n) is 21.8. The number of rotatable bonds is 5. The maximum atomic E-state index is 14.7. The van der Waals surface area contributed by atoms with Gasteiger partial charge in [0, 0.05) is 42.0 Å². The van der Waals surface area contributed by atoms with Gasteiger partial charge in [0.05, 0.1) is 4.90 Å². The van der Waals surface area contributed by atoms with Gasteiger partial charge in [-0.3, -0.25) is 9.78 Å². The average molecular weight is 629 g/mol. The predicted octanol–water partition coefficient (Wildman–Crippen LogP) is 6.88. The molecule has 5 rings (SSSR count). The van der Waals surface area contributed by atoms with Gasteiger partial charge < -0.3 is 4.90 Å². The van der Waals surface area contributed by atoms with Crippen LogP contribution in [-0.2, 0) is 20.3 Å². The molecular weight excluding hydrogens is 608 g/mol. The lowest BCUT2D eigenvalue weighted by molar-refractivity contribution is -0.348. The van der Waals surface area contributed by atoms with Crippen molar-refractivity contribution >= 4 is 26.5 Å². The lowest BCUT2D eigenvalue weighted by Crippen LogP contribution is -2.50. The number of hydrogen-bond donors (Lipinski definition) is 0. The summed E-state index contributed by atoms with van der Waals surface area (Å²) in [6, 6.07) is 11.9. The van der Waals surface area contributed by atoms with Crippen LogP contribution >= 0.6 is 0 Å². The average Bonchev–Trinajstić information content (AvgIpc) is 3.43. The van der Waals surface area contributed by atoms with Gasteiger partial charge in [-0.2, -0.15) is 26.3 Å². The highest BCUT2D eigenvalue weighted by Gasteiger charge is 2.73. The summed E-state index contributed by atoms with van der Waals surface area (Å²) in [5.41, 5.74) is -7.57. The van der Waals surface area contributed by atoms with Crippen molar-refractivity contribution in [2.45, 2.75) is 34.1 Å². The molecule has 0 aliphatic carbocycles. The predicted molar refractivity (Wildman–Crippen MR) is 139 cm³/mol. The molecule has 5 nitrogen and oxygen atoms in total. The molecule has 3 aromatic carbocycles. The van der Waals surface area contributed by atoms with Gasteiger partial charge in [0.15, 0.2) is 9.84 Å². The summed E-state index contributed by atoms with van der Waals surface area (Å²) in [7, 11) is -4.58. The molecule has 0 N–H and O–H groups in total. The number of likely N-dealkylation sites (tertiary alicyclic amines) is 1. The molecule has 1 atom stereocenters.